The third-order valence-corrected chi connectivity index (χ3v) is 4.73. The molecule has 1 aromatic rings. The molecule has 0 bridgehead atoms. The van der Waals surface area contributed by atoms with Gasteiger partial charge in [0.15, 0.2) is 0 Å². The van der Waals surface area contributed by atoms with E-state index in [2.05, 4.69) is 46.7 Å². The van der Waals surface area contributed by atoms with Gasteiger partial charge >= 0.3 is 0 Å². The van der Waals surface area contributed by atoms with Crippen molar-refractivity contribution in [3.63, 3.8) is 0 Å². The Kier molecular flexibility index (Phi) is 7.16. The first-order valence-corrected chi connectivity index (χ1v) is 9.38. The molecule has 1 fully saturated rings. The largest absolute Gasteiger partial charge is 0.474 e. The van der Waals surface area contributed by atoms with Crippen LogP contribution in [0.25, 0.3) is 0 Å². The van der Waals surface area contributed by atoms with Crippen LogP contribution in [0.4, 0.5) is 4.39 Å². The van der Waals surface area contributed by atoms with Crippen LogP contribution in [-0.2, 0) is 9.47 Å². The maximum Gasteiger partial charge on any atom is 0.237 e. The molecule has 0 aliphatic carbocycles. The molecule has 134 valence electrons. The zero-order valence-corrected chi connectivity index (χ0v) is 16.2. The van der Waals surface area contributed by atoms with Crippen molar-refractivity contribution >= 4 is 21.8 Å². The highest BCUT2D eigenvalue weighted by molar-refractivity contribution is 9.10. The number of aromatic nitrogens is 1. The lowest BCUT2D eigenvalue weighted by Gasteiger charge is -2.16. The van der Waals surface area contributed by atoms with Crippen LogP contribution in [0.5, 0.6) is 0 Å². The van der Waals surface area contributed by atoms with Crippen molar-refractivity contribution < 1.29 is 13.9 Å². The standard InChI is InChI=1S/C13H16BrFN2O.C5H10O/c1-3-4-5-13(2)8-18-12(17-13)11-10(14)6-9(15)7-16-11;1-5-3-2-4-6-5/h6-7H,3-5,8H2,1-2H3;5H,2-4H2,1H3/t13-;5-/m11/s1. The molecule has 24 heavy (non-hydrogen) atoms. The molecule has 0 radical (unpaired) electrons. The average molecular weight is 401 g/mol. The number of hydrogen-bond donors (Lipinski definition) is 0. The van der Waals surface area contributed by atoms with Crippen LogP contribution in [0.15, 0.2) is 21.7 Å². The number of halogens is 2. The Morgan fingerprint density at radius 3 is 2.79 bits per heavy atom. The Morgan fingerprint density at radius 1 is 1.46 bits per heavy atom. The molecule has 4 nitrogen and oxygen atoms in total. The van der Waals surface area contributed by atoms with Gasteiger partial charge in [-0.15, -0.1) is 0 Å². The molecule has 0 spiro atoms. The van der Waals surface area contributed by atoms with Gasteiger partial charge < -0.3 is 9.47 Å². The van der Waals surface area contributed by atoms with Crippen molar-refractivity contribution in [1.29, 1.82) is 0 Å². The predicted octanol–water partition coefficient (Wildman–Crippen LogP) is 4.89. The molecule has 2 aliphatic heterocycles. The number of aliphatic imine (C=N–C) groups is 1. The summed E-state index contributed by atoms with van der Waals surface area (Å²) >= 11 is 3.28. The zero-order chi connectivity index (χ0) is 17.6. The number of ether oxygens (including phenoxy) is 2. The highest BCUT2D eigenvalue weighted by Crippen LogP contribution is 2.28. The quantitative estimate of drug-likeness (QED) is 0.721. The molecule has 2 aliphatic rings. The van der Waals surface area contributed by atoms with Gasteiger partial charge in [-0.2, -0.15) is 0 Å². The molecule has 0 saturated carbocycles. The molecule has 0 amide bonds. The minimum atomic E-state index is -0.377. The zero-order valence-electron chi connectivity index (χ0n) is 14.6. The fourth-order valence-electron chi connectivity index (χ4n) is 2.65. The summed E-state index contributed by atoms with van der Waals surface area (Å²) in [6.07, 6.45) is 7.50. The smallest absolute Gasteiger partial charge is 0.237 e. The average Bonchev–Trinajstić information content (AvgIpc) is 3.16. The summed E-state index contributed by atoms with van der Waals surface area (Å²) in [5, 5.41) is 0. The van der Waals surface area contributed by atoms with Crippen molar-refractivity contribution in [2.24, 2.45) is 4.99 Å². The van der Waals surface area contributed by atoms with Crippen molar-refractivity contribution in [3.8, 4) is 0 Å². The second-order valence-electron chi connectivity index (χ2n) is 6.61. The number of nitrogens with zero attached hydrogens (tertiary/aromatic N) is 2. The summed E-state index contributed by atoms with van der Waals surface area (Å²) in [6.45, 7) is 7.90. The van der Waals surface area contributed by atoms with Gasteiger partial charge in [-0.1, -0.05) is 19.8 Å². The van der Waals surface area contributed by atoms with Crippen LogP contribution in [0.3, 0.4) is 0 Å². The third kappa shape index (κ3) is 5.52. The Bertz CT molecular complexity index is 576. The monoisotopic (exact) mass is 400 g/mol. The van der Waals surface area contributed by atoms with E-state index in [1.807, 2.05) is 0 Å². The second kappa shape index (κ2) is 8.90. The lowest BCUT2D eigenvalue weighted by atomic mass is 9.97. The predicted molar refractivity (Wildman–Crippen MR) is 97.0 cm³/mol. The molecule has 0 N–H and O–H groups in total. The molecule has 0 unspecified atom stereocenters. The molecule has 0 aromatic carbocycles. The molecule has 2 atom stereocenters. The molecule has 3 heterocycles. The van der Waals surface area contributed by atoms with Gasteiger partial charge in [0.05, 0.1) is 22.3 Å². The van der Waals surface area contributed by atoms with Crippen molar-refractivity contribution in [2.75, 3.05) is 13.2 Å². The van der Waals surface area contributed by atoms with Gasteiger partial charge in [0.2, 0.25) is 5.90 Å². The molecule has 3 rings (SSSR count). The molecular formula is C18H26BrFN2O2. The first-order valence-electron chi connectivity index (χ1n) is 8.59. The fourth-order valence-corrected chi connectivity index (χ4v) is 3.14. The minimum absolute atomic E-state index is 0.180. The normalized spacial score (nSPS) is 25.7. The fraction of sp³-hybridized carbons (Fsp3) is 0.667. The highest BCUT2D eigenvalue weighted by Gasteiger charge is 2.32. The molecule has 1 saturated heterocycles. The second-order valence-corrected chi connectivity index (χ2v) is 7.47. The van der Waals surface area contributed by atoms with E-state index in [1.165, 1.54) is 25.1 Å². The lowest BCUT2D eigenvalue weighted by Crippen LogP contribution is -2.23. The summed E-state index contributed by atoms with van der Waals surface area (Å²) in [4.78, 5) is 8.63. The molecule has 1 aromatic heterocycles. The Labute approximate surface area is 152 Å². The van der Waals surface area contributed by atoms with E-state index in [0.717, 1.165) is 25.9 Å². The van der Waals surface area contributed by atoms with Gasteiger partial charge in [0, 0.05) is 6.61 Å². The van der Waals surface area contributed by atoms with Crippen LogP contribution in [-0.4, -0.2) is 35.7 Å². The summed E-state index contributed by atoms with van der Waals surface area (Å²) in [7, 11) is 0. The summed E-state index contributed by atoms with van der Waals surface area (Å²) in [5.74, 6) is 0.124. The lowest BCUT2D eigenvalue weighted by molar-refractivity contribution is 0.125. The molecular weight excluding hydrogens is 375 g/mol. The van der Waals surface area contributed by atoms with Gasteiger partial charge in [0.1, 0.15) is 18.1 Å². The van der Waals surface area contributed by atoms with E-state index in [-0.39, 0.29) is 11.4 Å². The van der Waals surface area contributed by atoms with E-state index in [1.54, 1.807) is 0 Å². The van der Waals surface area contributed by atoms with Gasteiger partial charge in [-0.05, 0) is 55.1 Å². The Morgan fingerprint density at radius 2 is 2.25 bits per heavy atom. The number of rotatable bonds is 4. The Balaban J connectivity index is 0.000000292. The van der Waals surface area contributed by atoms with Crippen molar-refractivity contribution in [2.45, 2.75) is 64.5 Å². The number of unbranched alkanes of at least 4 members (excludes halogenated alkanes) is 1. The number of hydrogen-bond acceptors (Lipinski definition) is 4. The van der Waals surface area contributed by atoms with E-state index in [4.69, 9.17) is 9.47 Å². The summed E-state index contributed by atoms with van der Waals surface area (Å²) in [5.41, 5.74) is 0.387. The topological polar surface area (TPSA) is 43.7 Å². The van der Waals surface area contributed by atoms with Crippen LogP contribution in [0, 0.1) is 5.82 Å². The van der Waals surface area contributed by atoms with Crippen molar-refractivity contribution in [3.05, 3.63) is 28.2 Å². The first-order chi connectivity index (χ1) is 11.4. The van der Waals surface area contributed by atoms with Gasteiger partial charge in [-0.25, -0.2) is 14.4 Å². The van der Waals surface area contributed by atoms with E-state index < -0.39 is 0 Å². The van der Waals surface area contributed by atoms with E-state index >= 15 is 0 Å². The highest BCUT2D eigenvalue weighted by atomic mass is 79.9. The van der Waals surface area contributed by atoms with E-state index in [9.17, 15) is 4.39 Å². The van der Waals surface area contributed by atoms with E-state index in [0.29, 0.717) is 28.8 Å². The van der Waals surface area contributed by atoms with Crippen LogP contribution in [0.1, 0.15) is 58.6 Å². The maximum absolute atomic E-state index is 13.0. The Hall–Kier alpha value is -1.01. The van der Waals surface area contributed by atoms with Crippen LogP contribution >= 0.6 is 15.9 Å². The van der Waals surface area contributed by atoms with Crippen molar-refractivity contribution in [1.82, 2.24) is 4.98 Å². The first kappa shape index (κ1) is 19.3. The third-order valence-electron chi connectivity index (χ3n) is 4.13. The summed E-state index contributed by atoms with van der Waals surface area (Å²) < 4.78 is 24.3. The maximum atomic E-state index is 13.0. The minimum Gasteiger partial charge on any atom is -0.474 e. The van der Waals surface area contributed by atoms with Gasteiger partial charge in [0.25, 0.3) is 0 Å². The van der Waals surface area contributed by atoms with Crippen LogP contribution < -0.4 is 0 Å². The SMILES string of the molecule is CCCC[C@]1(C)COC(c2ncc(F)cc2Br)=N1.C[C@@H]1CCCO1. The summed E-state index contributed by atoms with van der Waals surface area (Å²) in [6, 6.07) is 1.37. The van der Waals surface area contributed by atoms with Crippen LogP contribution in [0.2, 0.25) is 0 Å². The number of pyridine rings is 1. The molecule has 6 heteroatoms. The van der Waals surface area contributed by atoms with Gasteiger partial charge in [-0.3, -0.25) is 0 Å².